The van der Waals surface area contributed by atoms with E-state index in [2.05, 4.69) is 6.92 Å². The van der Waals surface area contributed by atoms with Gasteiger partial charge in [0.25, 0.3) is 0 Å². The van der Waals surface area contributed by atoms with E-state index in [-0.39, 0.29) is 18.6 Å². The smallest absolute Gasteiger partial charge is 0.225 e. The van der Waals surface area contributed by atoms with Crippen molar-refractivity contribution in [1.29, 1.82) is 0 Å². The minimum absolute atomic E-state index is 0.186. The lowest BCUT2D eigenvalue weighted by atomic mass is 9.78. The molecule has 0 radical (unpaired) electrons. The minimum atomic E-state index is 0.186. The average molecular weight is 254 g/mol. The van der Waals surface area contributed by atoms with Crippen molar-refractivity contribution >= 4 is 5.91 Å². The van der Waals surface area contributed by atoms with Crippen LogP contribution in [0.4, 0.5) is 0 Å². The lowest BCUT2D eigenvalue weighted by Gasteiger charge is -2.37. The molecule has 1 amide bonds. The molecule has 0 aromatic carbocycles. The first kappa shape index (κ1) is 13.8. The number of piperidine rings is 1. The SMILES string of the molecule is CC1CC(C(=O)N2CCC(CO)CC2)CCC1N. The summed E-state index contributed by atoms with van der Waals surface area (Å²) in [6.45, 7) is 4.06. The molecule has 1 heterocycles. The van der Waals surface area contributed by atoms with Gasteiger partial charge in [-0.2, -0.15) is 0 Å². The quantitative estimate of drug-likeness (QED) is 0.772. The van der Waals surface area contributed by atoms with Crippen LogP contribution in [0.25, 0.3) is 0 Å². The van der Waals surface area contributed by atoms with Crippen LogP contribution in [0.15, 0.2) is 0 Å². The average Bonchev–Trinajstić information content (AvgIpc) is 2.41. The molecule has 0 spiro atoms. The van der Waals surface area contributed by atoms with E-state index in [1.807, 2.05) is 4.90 Å². The van der Waals surface area contributed by atoms with Gasteiger partial charge < -0.3 is 15.7 Å². The number of carbonyl (C=O) groups is 1. The number of aliphatic hydroxyl groups excluding tert-OH is 1. The van der Waals surface area contributed by atoms with Gasteiger partial charge in [0.05, 0.1) is 0 Å². The Bertz CT molecular complexity index is 288. The minimum Gasteiger partial charge on any atom is -0.396 e. The molecular weight excluding hydrogens is 228 g/mol. The van der Waals surface area contributed by atoms with Gasteiger partial charge in [-0.3, -0.25) is 4.79 Å². The van der Waals surface area contributed by atoms with E-state index in [9.17, 15) is 4.79 Å². The standard InChI is InChI=1S/C14H26N2O2/c1-10-8-12(2-3-13(10)15)14(18)16-6-4-11(9-17)5-7-16/h10-13,17H,2-9,15H2,1H3. The van der Waals surface area contributed by atoms with Crippen molar-refractivity contribution in [3.8, 4) is 0 Å². The Kier molecular flexibility index (Phi) is 4.62. The van der Waals surface area contributed by atoms with Crippen molar-refractivity contribution in [3.63, 3.8) is 0 Å². The Morgan fingerprint density at radius 3 is 2.50 bits per heavy atom. The topological polar surface area (TPSA) is 66.6 Å². The lowest BCUT2D eigenvalue weighted by Crippen LogP contribution is -2.45. The first-order valence-corrected chi connectivity index (χ1v) is 7.27. The second-order valence-electron chi connectivity index (χ2n) is 6.10. The molecule has 0 aromatic heterocycles. The van der Waals surface area contributed by atoms with Crippen LogP contribution in [0, 0.1) is 17.8 Å². The number of hydrogen-bond donors (Lipinski definition) is 2. The van der Waals surface area contributed by atoms with Crippen molar-refractivity contribution in [1.82, 2.24) is 4.90 Å². The fourth-order valence-electron chi connectivity index (χ4n) is 3.24. The predicted molar refractivity (Wildman–Crippen MR) is 70.9 cm³/mol. The molecule has 1 saturated heterocycles. The summed E-state index contributed by atoms with van der Waals surface area (Å²) in [5.41, 5.74) is 6.00. The maximum absolute atomic E-state index is 12.4. The van der Waals surface area contributed by atoms with Gasteiger partial charge in [0, 0.05) is 31.7 Å². The molecule has 2 rings (SSSR count). The van der Waals surface area contributed by atoms with E-state index in [0.29, 0.717) is 17.7 Å². The zero-order valence-corrected chi connectivity index (χ0v) is 11.3. The molecule has 1 aliphatic heterocycles. The van der Waals surface area contributed by atoms with Crippen molar-refractivity contribution in [2.45, 2.75) is 45.1 Å². The fraction of sp³-hybridized carbons (Fsp3) is 0.929. The lowest BCUT2D eigenvalue weighted by molar-refractivity contribution is -0.138. The van der Waals surface area contributed by atoms with Gasteiger partial charge in [-0.15, -0.1) is 0 Å². The number of rotatable bonds is 2. The third-order valence-corrected chi connectivity index (χ3v) is 4.77. The molecule has 3 atom stereocenters. The highest BCUT2D eigenvalue weighted by atomic mass is 16.3. The Balaban J connectivity index is 1.84. The van der Waals surface area contributed by atoms with Gasteiger partial charge in [-0.1, -0.05) is 6.92 Å². The summed E-state index contributed by atoms with van der Waals surface area (Å²) in [6.07, 6.45) is 4.77. The number of nitrogens with two attached hydrogens (primary N) is 1. The van der Waals surface area contributed by atoms with E-state index in [1.165, 1.54) is 0 Å². The predicted octanol–water partition coefficient (Wildman–Crippen LogP) is 0.981. The molecule has 4 nitrogen and oxygen atoms in total. The van der Waals surface area contributed by atoms with E-state index in [4.69, 9.17) is 10.8 Å². The molecule has 0 bridgehead atoms. The summed E-state index contributed by atoms with van der Waals surface area (Å²) in [4.78, 5) is 14.4. The summed E-state index contributed by atoms with van der Waals surface area (Å²) in [6, 6.07) is 0.272. The molecule has 2 aliphatic rings. The number of aliphatic hydroxyl groups is 1. The van der Waals surface area contributed by atoms with Crippen LogP contribution in [0.1, 0.15) is 39.0 Å². The number of nitrogens with zero attached hydrogens (tertiary/aromatic N) is 1. The highest BCUT2D eigenvalue weighted by molar-refractivity contribution is 5.79. The summed E-state index contributed by atoms with van der Waals surface area (Å²) in [5, 5.41) is 9.11. The Hall–Kier alpha value is -0.610. The number of hydrogen-bond acceptors (Lipinski definition) is 3. The molecule has 3 unspecified atom stereocenters. The summed E-state index contributed by atoms with van der Waals surface area (Å²) >= 11 is 0. The van der Waals surface area contributed by atoms with Gasteiger partial charge in [-0.25, -0.2) is 0 Å². The van der Waals surface area contributed by atoms with Gasteiger partial charge in [-0.05, 0) is 43.9 Å². The Morgan fingerprint density at radius 2 is 1.94 bits per heavy atom. The Labute approximate surface area is 110 Å². The zero-order valence-electron chi connectivity index (χ0n) is 11.3. The van der Waals surface area contributed by atoms with Crippen LogP contribution in [0.2, 0.25) is 0 Å². The molecule has 4 heteroatoms. The maximum Gasteiger partial charge on any atom is 0.225 e. The fourth-order valence-corrected chi connectivity index (χ4v) is 3.24. The summed E-state index contributed by atoms with van der Waals surface area (Å²) in [7, 11) is 0. The summed E-state index contributed by atoms with van der Waals surface area (Å²) in [5.74, 6) is 1.37. The largest absolute Gasteiger partial charge is 0.396 e. The van der Waals surface area contributed by atoms with Crippen LogP contribution in [-0.4, -0.2) is 41.7 Å². The number of likely N-dealkylation sites (tertiary alicyclic amines) is 1. The van der Waals surface area contributed by atoms with Gasteiger partial charge in [0.2, 0.25) is 5.91 Å². The molecule has 3 N–H and O–H groups in total. The summed E-state index contributed by atoms with van der Waals surface area (Å²) < 4.78 is 0. The molecular formula is C14H26N2O2. The highest BCUT2D eigenvalue weighted by Gasteiger charge is 2.33. The molecule has 1 saturated carbocycles. The third kappa shape index (κ3) is 3.04. The molecule has 18 heavy (non-hydrogen) atoms. The highest BCUT2D eigenvalue weighted by Crippen LogP contribution is 2.30. The van der Waals surface area contributed by atoms with Crippen molar-refractivity contribution < 1.29 is 9.90 Å². The second kappa shape index (κ2) is 6.02. The van der Waals surface area contributed by atoms with Crippen molar-refractivity contribution in [2.75, 3.05) is 19.7 Å². The number of amides is 1. The van der Waals surface area contributed by atoms with Crippen molar-refractivity contribution in [2.24, 2.45) is 23.5 Å². The molecule has 104 valence electrons. The van der Waals surface area contributed by atoms with Crippen LogP contribution >= 0.6 is 0 Å². The van der Waals surface area contributed by atoms with Gasteiger partial charge in [0.15, 0.2) is 0 Å². The Morgan fingerprint density at radius 1 is 1.28 bits per heavy atom. The van der Waals surface area contributed by atoms with E-state index < -0.39 is 0 Å². The van der Waals surface area contributed by atoms with Crippen LogP contribution in [-0.2, 0) is 4.79 Å². The van der Waals surface area contributed by atoms with Gasteiger partial charge in [0.1, 0.15) is 0 Å². The van der Waals surface area contributed by atoms with E-state index in [0.717, 1.165) is 45.2 Å². The number of carbonyl (C=O) groups excluding carboxylic acids is 1. The maximum atomic E-state index is 12.4. The molecule has 2 fully saturated rings. The van der Waals surface area contributed by atoms with E-state index in [1.54, 1.807) is 0 Å². The molecule has 0 aromatic rings. The molecule has 1 aliphatic carbocycles. The zero-order chi connectivity index (χ0) is 13.1. The van der Waals surface area contributed by atoms with Crippen LogP contribution in [0.5, 0.6) is 0 Å². The van der Waals surface area contributed by atoms with Crippen molar-refractivity contribution in [3.05, 3.63) is 0 Å². The third-order valence-electron chi connectivity index (χ3n) is 4.77. The van der Waals surface area contributed by atoms with E-state index >= 15 is 0 Å². The van der Waals surface area contributed by atoms with Crippen LogP contribution < -0.4 is 5.73 Å². The monoisotopic (exact) mass is 254 g/mol. The second-order valence-corrected chi connectivity index (χ2v) is 6.10. The van der Waals surface area contributed by atoms with Gasteiger partial charge >= 0.3 is 0 Å². The normalized spacial score (nSPS) is 34.6. The van der Waals surface area contributed by atoms with Crippen LogP contribution in [0.3, 0.4) is 0 Å². The first-order valence-electron chi connectivity index (χ1n) is 7.27. The first-order chi connectivity index (χ1) is 8.61.